The number of rotatable bonds is 7. The molecule has 0 aliphatic rings. The molecule has 0 spiro atoms. The van der Waals surface area contributed by atoms with Crippen LogP contribution in [-0.2, 0) is 9.59 Å². The van der Waals surface area contributed by atoms with Crippen molar-refractivity contribution >= 4 is 46.9 Å². The van der Waals surface area contributed by atoms with E-state index in [1.807, 2.05) is 33.7 Å². The lowest BCUT2D eigenvalue weighted by Gasteiger charge is -1.99. The first-order valence-electron chi connectivity index (χ1n) is 6.42. The minimum atomic E-state index is -0.316. The molecule has 0 unspecified atom stereocenters. The zero-order valence-corrected chi connectivity index (χ0v) is 13.2. The summed E-state index contributed by atoms with van der Waals surface area (Å²) in [5, 5.41) is 15.3. The third-order valence-corrected chi connectivity index (χ3v) is 3.87. The van der Waals surface area contributed by atoms with Gasteiger partial charge in [0.1, 0.15) is 0 Å². The molecule has 0 aliphatic carbocycles. The minimum Gasteiger partial charge on any atom is -0.273 e. The maximum Gasteiger partial charge on any atom is 0.240 e. The van der Waals surface area contributed by atoms with E-state index in [-0.39, 0.29) is 24.7 Å². The van der Waals surface area contributed by atoms with E-state index in [1.165, 1.54) is 0 Å². The molecular formula is C14H14N4O2S2. The molecule has 2 aromatic heterocycles. The fourth-order valence-corrected chi connectivity index (χ4v) is 2.62. The molecule has 0 aromatic carbocycles. The predicted octanol–water partition coefficient (Wildman–Crippen LogP) is 2.19. The number of carbonyl (C=O) groups is 2. The van der Waals surface area contributed by atoms with E-state index in [9.17, 15) is 9.59 Å². The number of amides is 2. The lowest BCUT2D eigenvalue weighted by atomic mass is 10.3. The molecule has 0 saturated carbocycles. The van der Waals surface area contributed by atoms with Gasteiger partial charge >= 0.3 is 0 Å². The first-order valence-corrected chi connectivity index (χ1v) is 8.31. The van der Waals surface area contributed by atoms with Crippen molar-refractivity contribution in [1.82, 2.24) is 10.9 Å². The first kappa shape index (κ1) is 16.1. The van der Waals surface area contributed by atoms with Gasteiger partial charge < -0.3 is 0 Å². The number of nitrogens with zero attached hydrogens (tertiary/aromatic N) is 2. The Labute approximate surface area is 135 Å². The van der Waals surface area contributed by atoms with Crippen LogP contribution in [0.2, 0.25) is 0 Å². The highest BCUT2D eigenvalue weighted by atomic mass is 32.1. The molecule has 22 heavy (non-hydrogen) atoms. The van der Waals surface area contributed by atoms with E-state index in [4.69, 9.17) is 0 Å². The molecule has 2 heterocycles. The zero-order chi connectivity index (χ0) is 15.6. The Morgan fingerprint density at radius 3 is 1.73 bits per heavy atom. The number of thiophene rings is 2. The van der Waals surface area contributed by atoms with Crippen molar-refractivity contribution in [2.75, 3.05) is 0 Å². The maximum absolute atomic E-state index is 11.5. The van der Waals surface area contributed by atoms with Crippen LogP contribution >= 0.6 is 22.7 Å². The van der Waals surface area contributed by atoms with Crippen molar-refractivity contribution in [3.8, 4) is 0 Å². The predicted molar refractivity (Wildman–Crippen MR) is 89.3 cm³/mol. The van der Waals surface area contributed by atoms with Gasteiger partial charge in [-0.1, -0.05) is 0 Å². The number of hydrogen-bond acceptors (Lipinski definition) is 6. The van der Waals surface area contributed by atoms with Crippen LogP contribution in [0.1, 0.15) is 24.0 Å². The third-order valence-electron chi connectivity index (χ3n) is 2.47. The highest BCUT2D eigenvalue weighted by molar-refractivity contribution is 7.08. The molecule has 114 valence electrons. The fourth-order valence-electron chi connectivity index (χ4n) is 1.39. The molecule has 0 radical (unpaired) electrons. The van der Waals surface area contributed by atoms with Gasteiger partial charge in [0.2, 0.25) is 11.8 Å². The van der Waals surface area contributed by atoms with Crippen LogP contribution in [0.5, 0.6) is 0 Å². The third kappa shape index (κ3) is 5.98. The van der Waals surface area contributed by atoms with Crippen molar-refractivity contribution in [1.29, 1.82) is 0 Å². The Bertz CT molecular complexity index is 590. The van der Waals surface area contributed by atoms with Gasteiger partial charge in [-0.2, -0.15) is 32.9 Å². The van der Waals surface area contributed by atoms with Gasteiger partial charge in [-0.15, -0.1) is 0 Å². The lowest BCUT2D eigenvalue weighted by molar-refractivity contribution is -0.126. The molecule has 2 amide bonds. The van der Waals surface area contributed by atoms with Crippen LogP contribution in [0.25, 0.3) is 0 Å². The molecule has 8 heteroatoms. The van der Waals surface area contributed by atoms with Gasteiger partial charge in [-0.05, 0) is 33.7 Å². The van der Waals surface area contributed by atoms with Crippen LogP contribution in [0, 0.1) is 0 Å². The molecule has 2 N–H and O–H groups in total. The molecule has 0 bridgehead atoms. The van der Waals surface area contributed by atoms with E-state index in [1.54, 1.807) is 35.1 Å². The van der Waals surface area contributed by atoms with Gasteiger partial charge in [-0.3, -0.25) is 9.59 Å². The largest absolute Gasteiger partial charge is 0.273 e. The second-order valence-corrected chi connectivity index (χ2v) is 5.76. The topological polar surface area (TPSA) is 82.9 Å². The SMILES string of the molecule is O=C(CCC(=O)N/N=C\c1ccsc1)N/N=C\c1ccsc1. The van der Waals surface area contributed by atoms with Crippen molar-refractivity contribution < 1.29 is 9.59 Å². The monoisotopic (exact) mass is 334 g/mol. The molecular weight excluding hydrogens is 320 g/mol. The molecule has 2 rings (SSSR count). The summed E-state index contributed by atoms with van der Waals surface area (Å²) in [4.78, 5) is 23.0. The number of carbonyl (C=O) groups excluding carboxylic acids is 2. The lowest BCUT2D eigenvalue weighted by Crippen LogP contribution is -2.22. The first-order chi connectivity index (χ1) is 10.7. The van der Waals surface area contributed by atoms with Crippen LogP contribution in [0.15, 0.2) is 43.9 Å². The Morgan fingerprint density at radius 1 is 0.909 bits per heavy atom. The molecule has 0 fully saturated rings. The highest BCUT2D eigenvalue weighted by Crippen LogP contribution is 2.02. The van der Waals surface area contributed by atoms with Crippen LogP contribution < -0.4 is 10.9 Å². The Kier molecular flexibility index (Phi) is 6.46. The highest BCUT2D eigenvalue weighted by Gasteiger charge is 2.05. The Morgan fingerprint density at radius 2 is 1.36 bits per heavy atom. The van der Waals surface area contributed by atoms with Gasteiger partial charge in [0.05, 0.1) is 12.4 Å². The van der Waals surface area contributed by atoms with Gasteiger partial charge in [0.15, 0.2) is 0 Å². The van der Waals surface area contributed by atoms with E-state index in [0.29, 0.717) is 0 Å². The minimum absolute atomic E-state index is 0.0563. The van der Waals surface area contributed by atoms with Gasteiger partial charge in [0, 0.05) is 24.0 Å². The van der Waals surface area contributed by atoms with E-state index >= 15 is 0 Å². The van der Waals surface area contributed by atoms with Gasteiger partial charge in [-0.25, -0.2) is 10.9 Å². The quantitative estimate of drug-likeness (QED) is 0.601. The van der Waals surface area contributed by atoms with Crippen molar-refractivity contribution in [3.63, 3.8) is 0 Å². The zero-order valence-electron chi connectivity index (χ0n) is 11.6. The van der Waals surface area contributed by atoms with Crippen LogP contribution in [-0.4, -0.2) is 24.2 Å². The van der Waals surface area contributed by atoms with Crippen LogP contribution in [0.3, 0.4) is 0 Å². The molecule has 0 saturated heterocycles. The van der Waals surface area contributed by atoms with Crippen molar-refractivity contribution in [2.24, 2.45) is 10.2 Å². The molecule has 0 aliphatic heterocycles. The second kappa shape index (κ2) is 8.85. The Hall–Kier alpha value is -2.32. The van der Waals surface area contributed by atoms with E-state index < -0.39 is 0 Å². The molecule has 2 aromatic rings. The summed E-state index contributed by atoms with van der Waals surface area (Å²) in [6.07, 6.45) is 3.22. The Balaban J connectivity index is 1.62. The summed E-state index contributed by atoms with van der Waals surface area (Å²) < 4.78 is 0. The number of nitrogens with one attached hydrogen (secondary N) is 2. The second-order valence-electron chi connectivity index (χ2n) is 4.20. The fraction of sp³-hybridized carbons (Fsp3) is 0.143. The summed E-state index contributed by atoms with van der Waals surface area (Å²) in [6.45, 7) is 0. The number of hydrazone groups is 2. The summed E-state index contributed by atoms with van der Waals surface area (Å²) in [6, 6.07) is 3.78. The van der Waals surface area contributed by atoms with E-state index in [0.717, 1.165) is 11.1 Å². The van der Waals surface area contributed by atoms with Crippen LogP contribution in [0.4, 0.5) is 0 Å². The summed E-state index contributed by atoms with van der Waals surface area (Å²) in [7, 11) is 0. The summed E-state index contributed by atoms with van der Waals surface area (Å²) >= 11 is 3.10. The molecule has 0 atom stereocenters. The smallest absolute Gasteiger partial charge is 0.240 e. The van der Waals surface area contributed by atoms with Gasteiger partial charge in [0.25, 0.3) is 0 Å². The van der Waals surface area contributed by atoms with Crippen molar-refractivity contribution in [2.45, 2.75) is 12.8 Å². The average Bonchev–Trinajstić information content (AvgIpc) is 3.18. The average molecular weight is 334 g/mol. The summed E-state index contributed by atoms with van der Waals surface area (Å²) in [5.74, 6) is -0.633. The standard InChI is InChI=1S/C14H14N4O2S2/c19-13(17-15-7-11-3-5-21-9-11)1-2-14(20)18-16-8-12-4-6-22-10-12/h3-10H,1-2H2,(H,17,19)(H,18,20)/b15-7-,16-8-. The number of hydrogen-bond donors (Lipinski definition) is 2. The summed E-state index contributed by atoms with van der Waals surface area (Å²) in [5.41, 5.74) is 6.59. The molecule has 6 nitrogen and oxygen atoms in total. The van der Waals surface area contributed by atoms with E-state index in [2.05, 4.69) is 21.1 Å². The normalized spacial score (nSPS) is 11.1. The maximum atomic E-state index is 11.5. The van der Waals surface area contributed by atoms with Crippen molar-refractivity contribution in [3.05, 3.63) is 44.8 Å².